The van der Waals surface area contributed by atoms with Crippen molar-refractivity contribution in [3.8, 4) is 0 Å². The second kappa shape index (κ2) is 5.34. The van der Waals surface area contributed by atoms with E-state index >= 15 is 0 Å². The summed E-state index contributed by atoms with van der Waals surface area (Å²) in [7, 11) is 0. The monoisotopic (exact) mass is 265 g/mol. The van der Waals surface area contributed by atoms with Crippen LogP contribution in [0.3, 0.4) is 0 Å². The largest absolute Gasteiger partial charge is 0.448 e. The maximum atomic E-state index is 12.1. The molecule has 1 aliphatic carbocycles. The van der Waals surface area contributed by atoms with Gasteiger partial charge in [0.05, 0.1) is 5.69 Å². The average Bonchev–Trinajstić information content (AvgIpc) is 3.12. The van der Waals surface area contributed by atoms with Crippen molar-refractivity contribution in [2.24, 2.45) is 0 Å². The number of nitrogens with one attached hydrogen (secondary N) is 1. The molecule has 6 nitrogen and oxygen atoms in total. The summed E-state index contributed by atoms with van der Waals surface area (Å²) >= 11 is 0. The Kier molecular flexibility index (Phi) is 3.78. The zero-order valence-electron chi connectivity index (χ0n) is 11.2. The molecule has 0 radical (unpaired) electrons. The summed E-state index contributed by atoms with van der Waals surface area (Å²) in [5.41, 5.74) is 6.66. The lowest BCUT2D eigenvalue weighted by atomic mass is 10.3. The number of amides is 1. The number of likely N-dealkylation sites (N-methyl/N-ethyl adjacent to an activating group) is 1. The van der Waals surface area contributed by atoms with E-state index in [-0.39, 0.29) is 5.91 Å². The Bertz CT molecular complexity index is 491. The fourth-order valence-electron chi connectivity index (χ4n) is 1.91. The van der Waals surface area contributed by atoms with Crippen molar-refractivity contribution in [1.29, 1.82) is 0 Å². The molecule has 1 amide bonds. The van der Waals surface area contributed by atoms with Gasteiger partial charge < -0.3 is 20.4 Å². The highest BCUT2D eigenvalue weighted by atomic mass is 16.5. The summed E-state index contributed by atoms with van der Waals surface area (Å²) in [6.45, 7) is 3.87. The molecular weight excluding hydrogens is 246 g/mol. The maximum Gasteiger partial charge on any atom is 0.355 e. The van der Waals surface area contributed by atoms with Crippen LogP contribution in [0, 0.1) is 0 Å². The summed E-state index contributed by atoms with van der Waals surface area (Å²) in [5, 5.41) is 2.61. The lowest BCUT2D eigenvalue weighted by Gasteiger charge is -2.13. The smallest absolute Gasteiger partial charge is 0.355 e. The molecule has 1 aliphatic rings. The summed E-state index contributed by atoms with van der Waals surface area (Å²) in [5.74, 6) is -0.810. The number of anilines is 1. The summed E-state index contributed by atoms with van der Waals surface area (Å²) in [6.07, 6.45) is 3.02. The fourth-order valence-corrected chi connectivity index (χ4v) is 1.91. The van der Waals surface area contributed by atoms with E-state index in [0.717, 1.165) is 12.8 Å². The lowest BCUT2D eigenvalue weighted by Crippen LogP contribution is -2.35. The average molecular weight is 265 g/mol. The molecule has 1 fully saturated rings. The van der Waals surface area contributed by atoms with E-state index in [9.17, 15) is 9.59 Å². The molecule has 0 saturated heterocycles. The Morgan fingerprint density at radius 1 is 1.58 bits per heavy atom. The van der Waals surface area contributed by atoms with Crippen LogP contribution in [0.5, 0.6) is 0 Å². The number of rotatable bonds is 5. The highest BCUT2D eigenvalue weighted by Crippen LogP contribution is 2.37. The van der Waals surface area contributed by atoms with Gasteiger partial charge in [0, 0.05) is 18.8 Å². The SMILES string of the molecule is CCNC(=O)C(C)OC(=O)c1cc(N)cn1C1CC1. The van der Waals surface area contributed by atoms with Crippen molar-refractivity contribution in [3.05, 3.63) is 18.0 Å². The molecule has 1 atom stereocenters. The molecule has 1 saturated carbocycles. The first-order chi connectivity index (χ1) is 9.02. The summed E-state index contributed by atoms with van der Waals surface area (Å²) in [6, 6.07) is 1.92. The summed E-state index contributed by atoms with van der Waals surface area (Å²) in [4.78, 5) is 23.6. The highest BCUT2D eigenvalue weighted by Gasteiger charge is 2.29. The number of nitrogens with two attached hydrogens (primary N) is 1. The Hall–Kier alpha value is -1.98. The molecule has 0 aromatic carbocycles. The quantitative estimate of drug-likeness (QED) is 0.780. The van der Waals surface area contributed by atoms with Crippen molar-refractivity contribution in [3.63, 3.8) is 0 Å². The van der Waals surface area contributed by atoms with Gasteiger partial charge in [-0.05, 0) is 32.8 Å². The minimum Gasteiger partial charge on any atom is -0.448 e. The van der Waals surface area contributed by atoms with Crippen LogP contribution in [0.15, 0.2) is 12.3 Å². The predicted molar refractivity (Wildman–Crippen MR) is 70.7 cm³/mol. The first kappa shape index (κ1) is 13.5. The van der Waals surface area contributed by atoms with E-state index in [2.05, 4.69) is 5.32 Å². The van der Waals surface area contributed by atoms with Crippen molar-refractivity contribution in [2.45, 2.75) is 38.8 Å². The van der Waals surface area contributed by atoms with Gasteiger partial charge in [0.1, 0.15) is 5.69 Å². The molecule has 19 heavy (non-hydrogen) atoms. The van der Waals surface area contributed by atoms with Crippen LogP contribution in [-0.4, -0.2) is 29.1 Å². The van der Waals surface area contributed by atoms with Gasteiger partial charge in [-0.2, -0.15) is 0 Å². The van der Waals surface area contributed by atoms with Crippen LogP contribution in [0.1, 0.15) is 43.2 Å². The summed E-state index contributed by atoms with van der Waals surface area (Å²) < 4.78 is 6.99. The first-order valence-corrected chi connectivity index (χ1v) is 6.49. The number of aromatic nitrogens is 1. The minimum atomic E-state index is -0.809. The Morgan fingerprint density at radius 3 is 2.84 bits per heavy atom. The Morgan fingerprint density at radius 2 is 2.26 bits per heavy atom. The van der Waals surface area contributed by atoms with E-state index in [1.807, 2.05) is 11.5 Å². The normalized spacial score (nSPS) is 15.9. The molecule has 1 unspecified atom stereocenters. The van der Waals surface area contributed by atoms with Crippen molar-refractivity contribution < 1.29 is 14.3 Å². The number of esters is 1. The van der Waals surface area contributed by atoms with Crippen LogP contribution in [0.2, 0.25) is 0 Å². The third-order valence-corrected chi connectivity index (χ3v) is 3.02. The Balaban J connectivity index is 2.05. The van der Waals surface area contributed by atoms with Crippen LogP contribution < -0.4 is 11.1 Å². The Labute approximate surface area is 111 Å². The number of carbonyl (C=O) groups is 2. The van der Waals surface area contributed by atoms with Crippen molar-refractivity contribution in [2.75, 3.05) is 12.3 Å². The van der Waals surface area contributed by atoms with E-state index in [4.69, 9.17) is 10.5 Å². The molecule has 3 N–H and O–H groups in total. The van der Waals surface area contributed by atoms with Gasteiger partial charge in [0.2, 0.25) is 0 Å². The zero-order chi connectivity index (χ0) is 14.0. The molecule has 104 valence electrons. The molecule has 1 heterocycles. The van der Waals surface area contributed by atoms with Crippen LogP contribution in [0.25, 0.3) is 0 Å². The lowest BCUT2D eigenvalue weighted by molar-refractivity contribution is -0.129. The number of carbonyl (C=O) groups excluding carboxylic acids is 2. The number of hydrogen-bond acceptors (Lipinski definition) is 4. The van der Waals surface area contributed by atoms with Gasteiger partial charge in [-0.3, -0.25) is 4.79 Å². The number of hydrogen-bond donors (Lipinski definition) is 2. The van der Waals surface area contributed by atoms with Crippen LogP contribution in [0.4, 0.5) is 5.69 Å². The molecular formula is C13H19N3O3. The minimum absolute atomic E-state index is 0.298. The second-order valence-corrected chi connectivity index (χ2v) is 4.74. The molecule has 0 bridgehead atoms. The molecule has 2 rings (SSSR count). The van der Waals surface area contributed by atoms with Crippen LogP contribution >= 0.6 is 0 Å². The number of ether oxygens (including phenoxy) is 1. The van der Waals surface area contributed by atoms with Gasteiger partial charge >= 0.3 is 5.97 Å². The number of nitrogen functional groups attached to an aromatic ring is 1. The van der Waals surface area contributed by atoms with Gasteiger partial charge in [0.15, 0.2) is 6.10 Å². The molecule has 0 spiro atoms. The second-order valence-electron chi connectivity index (χ2n) is 4.74. The maximum absolute atomic E-state index is 12.1. The van der Waals surface area contributed by atoms with Gasteiger partial charge in [-0.15, -0.1) is 0 Å². The molecule has 0 aliphatic heterocycles. The fraction of sp³-hybridized carbons (Fsp3) is 0.538. The van der Waals surface area contributed by atoms with E-state index in [1.54, 1.807) is 19.2 Å². The molecule has 6 heteroatoms. The number of nitrogens with zero attached hydrogens (tertiary/aromatic N) is 1. The van der Waals surface area contributed by atoms with E-state index in [1.165, 1.54) is 0 Å². The first-order valence-electron chi connectivity index (χ1n) is 6.49. The molecule has 1 aromatic heterocycles. The third kappa shape index (κ3) is 3.07. The van der Waals surface area contributed by atoms with E-state index < -0.39 is 12.1 Å². The predicted octanol–water partition coefficient (Wildman–Crippen LogP) is 1.09. The van der Waals surface area contributed by atoms with Gasteiger partial charge in [-0.1, -0.05) is 0 Å². The van der Waals surface area contributed by atoms with E-state index in [0.29, 0.717) is 24.0 Å². The molecule has 1 aromatic rings. The highest BCUT2D eigenvalue weighted by molar-refractivity contribution is 5.92. The van der Waals surface area contributed by atoms with Crippen molar-refractivity contribution >= 4 is 17.6 Å². The standard InChI is InChI=1S/C13H19N3O3/c1-3-15-12(17)8(2)19-13(18)11-6-9(14)7-16(11)10-4-5-10/h6-8,10H,3-5,14H2,1-2H3,(H,15,17). The van der Waals surface area contributed by atoms with Gasteiger partial charge in [0.25, 0.3) is 5.91 Å². The van der Waals surface area contributed by atoms with Gasteiger partial charge in [-0.25, -0.2) is 4.79 Å². The zero-order valence-corrected chi connectivity index (χ0v) is 11.2. The van der Waals surface area contributed by atoms with Crippen molar-refractivity contribution in [1.82, 2.24) is 9.88 Å². The topological polar surface area (TPSA) is 86.3 Å². The van der Waals surface area contributed by atoms with Crippen LogP contribution in [-0.2, 0) is 9.53 Å². The third-order valence-electron chi connectivity index (χ3n) is 3.02.